The second kappa shape index (κ2) is 8.85. The smallest absolute Gasteiger partial charge is 0.257 e. The molecule has 1 heterocycles. The van der Waals surface area contributed by atoms with Crippen molar-refractivity contribution in [1.29, 1.82) is 0 Å². The largest absolute Gasteiger partial charge is 0.497 e. The van der Waals surface area contributed by atoms with Crippen molar-refractivity contribution >= 4 is 17.7 Å². The van der Waals surface area contributed by atoms with Crippen molar-refractivity contribution < 1.29 is 13.9 Å². The summed E-state index contributed by atoms with van der Waals surface area (Å²) in [5.74, 6) is 5.35. The van der Waals surface area contributed by atoms with Crippen molar-refractivity contribution in [2.45, 2.75) is 18.9 Å². The molecule has 0 fully saturated rings. The van der Waals surface area contributed by atoms with Gasteiger partial charge in [-0.1, -0.05) is 30.3 Å². The second-order valence-corrected chi connectivity index (χ2v) is 7.94. The molecular weight excluding hydrogens is 405 g/mol. The summed E-state index contributed by atoms with van der Waals surface area (Å²) in [6.07, 6.45) is 3.96. The van der Waals surface area contributed by atoms with Gasteiger partial charge in [-0.25, -0.2) is 10.2 Å². The fourth-order valence-corrected chi connectivity index (χ4v) is 4.44. The zero-order chi connectivity index (χ0) is 22.7. The van der Waals surface area contributed by atoms with Gasteiger partial charge in [0, 0.05) is 18.3 Å². The molecule has 1 aliphatic heterocycles. The van der Waals surface area contributed by atoms with E-state index in [1.54, 1.807) is 13.2 Å². The first-order valence-electron chi connectivity index (χ1n) is 10.5. The lowest BCUT2D eigenvalue weighted by Gasteiger charge is -2.48. The minimum atomic E-state index is -0.478. The summed E-state index contributed by atoms with van der Waals surface area (Å²) in [7, 11) is 1.67. The lowest BCUT2D eigenvalue weighted by atomic mass is 9.76. The Morgan fingerprint density at radius 3 is 2.50 bits per heavy atom. The summed E-state index contributed by atoms with van der Waals surface area (Å²) >= 11 is 0. The first kappa shape index (κ1) is 21.6. The Morgan fingerprint density at radius 1 is 1.12 bits per heavy atom. The van der Waals surface area contributed by atoms with E-state index in [1.165, 1.54) is 29.3 Å². The van der Waals surface area contributed by atoms with Crippen LogP contribution in [0, 0.1) is 5.82 Å². The molecule has 32 heavy (non-hydrogen) atoms. The summed E-state index contributed by atoms with van der Waals surface area (Å²) in [4.78, 5) is 13.7. The van der Waals surface area contributed by atoms with Gasteiger partial charge in [0.2, 0.25) is 0 Å². The molecule has 0 spiro atoms. The van der Waals surface area contributed by atoms with E-state index in [4.69, 9.17) is 10.6 Å². The van der Waals surface area contributed by atoms with Crippen LogP contribution >= 0.6 is 0 Å². The summed E-state index contributed by atoms with van der Waals surface area (Å²) in [5, 5.41) is 0. The maximum absolute atomic E-state index is 13.6. The molecule has 6 heteroatoms. The van der Waals surface area contributed by atoms with Crippen molar-refractivity contribution in [2.24, 2.45) is 5.84 Å². The molecule has 1 unspecified atom stereocenters. The first-order chi connectivity index (χ1) is 15.5. The number of carbonyl (C=O) groups is 1. The van der Waals surface area contributed by atoms with Gasteiger partial charge in [0.25, 0.3) is 5.91 Å². The van der Waals surface area contributed by atoms with Crippen LogP contribution in [0.15, 0.2) is 72.8 Å². The summed E-state index contributed by atoms with van der Waals surface area (Å²) in [6, 6.07) is 20.9. The van der Waals surface area contributed by atoms with Crippen LogP contribution in [0.5, 0.6) is 5.75 Å². The van der Waals surface area contributed by atoms with Gasteiger partial charge >= 0.3 is 0 Å². The van der Waals surface area contributed by atoms with Gasteiger partial charge in [-0.15, -0.1) is 0 Å². The van der Waals surface area contributed by atoms with Gasteiger partial charge in [-0.3, -0.25) is 10.2 Å². The lowest BCUT2D eigenvalue weighted by Crippen LogP contribution is -2.49. The molecular formula is C26H26FN3O2. The Balaban J connectivity index is 1.80. The van der Waals surface area contributed by atoms with Gasteiger partial charge in [-0.2, -0.15) is 0 Å². The summed E-state index contributed by atoms with van der Waals surface area (Å²) in [5.41, 5.74) is 6.95. The lowest BCUT2D eigenvalue weighted by molar-refractivity contribution is -0.116. The SMILES string of the molecule is COc1ccc2c(c1)CCN(c1ccc(F)cc1)C2(C)c1ccc(/C=C/C(=O)NN)cc1. The average Bonchev–Trinajstić information content (AvgIpc) is 2.83. The highest BCUT2D eigenvalue weighted by molar-refractivity contribution is 5.91. The summed E-state index contributed by atoms with van der Waals surface area (Å²) < 4.78 is 19.1. The quantitative estimate of drug-likeness (QED) is 0.276. The van der Waals surface area contributed by atoms with Crippen LogP contribution < -0.4 is 20.9 Å². The number of fused-ring (bicyclic) bond motifs is 1. The third kappa shape index (κ3) is 3.97. The molecule has 1 atom stereocenters. The van der Waals surface area contributed by atoms with E-state index >= 15 is 0 Å². The predicted octanol–water partition coefficient (Wildman–Crippen LogP) is 4.16. The van der Waals surface area contributed by atoms with E-state index in [0.29, 0.717) is 0 Å². The minimum Gasteiger partial charge on any atom is -0.497 e. The molecule has 5 nitrogen and oxygen atoms in total. The number of anilines is 1. The van der Waals surface area contributed by atoms with Crippen molar-refractivity contribution in [1.82, 2.24) is 5.43 Å². The Hall–Kier alpha value is -3.64. The Labute approximate surface area is 187 Å². The molecule has 0 saturated carbocycles. The number of nitrogens with one attached hydrogen (secondary N) is 1. The normalized spacial score (nSPS) is 17.8. The van der Waals surface area contributed by atoms with E-state index in [1.807, 2.05) is 30.3 Å². The third-order valence-corrected chi connectivity index (χ3v) is 6.16. The maximum Gasteiger partial charge on any atom is 0.257 e. The second-order valence-electron chi connectivity index (χ2n) is 7.94. The van der Waals surface area contributed by atoms with E-state index < -0.39 is 5.54 Å². The van der Waals surface area contributed by atoms with Crippen LogP contribution in [0.25, 0.3) is 6.08 Å². The molecule has 0 aliphatic carbocycles. The minimum absolute atomic E-state index is 0.254. The van der Waals surface area contributed by atoms with Crippen LogP contribution in [0.2, 0.25) is 0 Å². The monoisotopic (exact) mass is 431 g/mol. The Morgan fingerprint density at radius 2 is 1.84 bits per heavy atom. The number of amides is 1. The number of hydrogen-bond acceptors (Lipinski definition) is 4. The van der Waals surface area contributed by atoms with Crippen LogP contribution in [-0.4, -0.2) is 19.6 Å². The topological polar surface area (TPSA) is 67.6 Å². The van der Waals surface area contributed by atoms with Crippen molar-refractivity contribution in [2.75, 3.05) is 18.6 Å². The summed E-state index contributed by atoms with van der Waals surface area (Å²) in [6.45, 7) is 2.97. The number of benzene rings is 3. The standard InChI is InChI=1S/C26H26FN3O2/c1-26(20-6-3-18(4-7-20)5-14-25(31)29-28)24-13-12-23(32-2)17-19(24)15-16-30(26)22-10-8-21(27)9-11-22/h3-14,17H,15-16,28H2,1-2H3,(H,29,31)/b14-5+. The zero-order valence-electron chi connectivity index (χ0n) is 18.1. The fourth-order valence-electron chi connectivity index (χ4n) is 4.44. The molecule has 3 N–H and O–H groups in total. The van der Waals surface area contributed by atoms with Crippen molar-refractivity contribution in [3.05, 3.63) is 101 Å². The number of ether oxygens (including phenoxy) is 1. The number of nitrogens with zero attached hydrogens (tertiary/aromatic N) is 1. The molecule has 1 amide bonds. The molecule has 3 aromatic carbocycles. The Kier molecular flexibility index (Phi) is 5.97. The molecule has 164 valence electrons. The van der Waals surface area contributed by atoms with Crippen LogP contribution in [0.3, 0.4) is 0 Å². The molecule has 4 rings (SSSR count). The number of hydrazine groups is 1. The highest BCUT2D eigenvalue weighted by atomic mass is 19.1. The van der Waals surface area contributed by atoms with E-state index in [-0.39, 0.29) is 11.7 Å². The van der Waals surface area contributed by atoms with Crippen molar-refractivity contribution in [3.8, 4) is 5.75 Å². The molecule has 0 bridgehead atoms. The number of hydrogen-bond donors (Lipinski definition) is 2. The van der Waals surface area contributed by atoms with Crippen LogP contribution in [-0.2, 0) is 16.8 Å². The van der Waals surface area contributed by atoms with E-state index in [0.717, 1.165) is 35.5 Å². The van der Waals surface area contributed by atoms with Gasteiger partial charge in [0.05, 0.1) is 12.6 Å². The van der Waals surface area contributed by atoms with Crippen LogP contribution in [0.4, 0.5) is 10.1 Å². The number of halogens is 1. The van der Waals surface area contributed by atoms with Gasteiger partial charge in [0.1, 0.15) is 11.6 Å². The first-order valence-corrected chi connectivity index (χ1v) is 10.5. The van der Waals surface area contributed by atoms with Gasteiger partial charge in [-0.05, 0) is 78.1 Å². The fraction of sp³-hybridized carbons (Fsp3) is 0.192. The zero-order valence-corrected chi connectivity index (χ0v) is 18.1. The number of rotatable bonds is 5. The van der Waals surface area contributed by atoms with Crippen LogP contribution in [0.1, 0.15) is 29.2 Å². The van der Waals surface area contributed by atoms with Crippen molar-refractivity contribution in [3.63, 3.8) is 0 Å². The van der Waals surface area contributed by atoms with Gasteiger partial charge in [0.15, 0.2) is 0 Å². The average molecular weight is 432 g/mol. The van der Waals surface area contributed by atoms with E-state index in [2.05, 4.69) is 41.5 Å². The maximum atomic E-state index is 13.6. The number of carbonyl (C=O) groups excluding carboxylic acids is 1. The number of nitrogens with two attached hydrogens (primary N) is 1. The highest BCUT2D eigenvalue weighted by Crippen LogP contribution is 2.44. The number of methoxy groups -OCH3 is 1. The molecule has 3 aromatic rings. The highest BCUT2D eigenvalue weighted by Gasteiger charge is 2.40. The molecule has 1 aliphatic rings. The van der Waals surface area contributed by atoms with Gasteiger partial charge < -0.3 is 9.64 Å². The molecule has 0 radical (unpaired) electrons. The molecule has 0 aromatic heterocycles. The molecule has 0 saturated heterocycles. The Bertz CT molecular complexity index is 1140. The van der Waals surface area contributed by atoms with E-state index in [9.17, 15) is 9.18 Å². The third-order valence-electron chi connectivity index (χ3n) is 6.16. The predicted molar refractivity (Wildman–Crippen MR) is 125 cm³/mol.